The highest BCUT2D eigenvalue weighted by Gasteiger charge is 2.34. The van der Waals surface area contributed by atoms with Crippen LogP contribution in [0.1, 0.15) is 18.1 Å². The third-order valence-electron chi connectivity index (χ3n) is 4.61. The molecule has 3 rings (SSSR count). The Balaban J connectivity index is 1.95. The second-order valence-electron chi connectivity index (χ2n) is 6.26. The molecule has 6 heteroatoms. The van der Waals surface area contributed by atoms with Crippen LogP contribution in [0.4, 0.5) is 5.69 Å². The van der Waals surface area contributed by atoms with Gasteiger partial charge in [0.2, 0.25) is 11.6 Å². The highest BCUT2D eigenvalue weighted by atomic mass is 16.2. The molecular weight excluding hydrogens is 362 g/mol. The van der Waals surface area contributed by atoms with Gasteiger partial charge in [0.25, 0.3) is 0 Å². The van der Waals surface area contributed by atoms with Crippen LogP contribution in [0.2, 0.25) is 0 Å². The molecule has 2 aromatic carbocycles. The lowest BCUT2D eigenvalue weighted by molar-refractivity contribution is -0.114. The Kier molecular flexibility index (Phi) is 5.74. The van der Waals surface area contributed by atoms with E-state index < -0.39 is 5.91 Å². The van der Waals surface area contributed by atoms with E-state index in [-0.39, 0.29) is 22.8 Å². The molecule has 1 aliphatic heterocycles. The molecule has 1 amide bonds. The van der Waals surface area contributed by atoms with E-state index in [4.69, 9.17) is 19.7 Å². The second kappa shape index (κ2) is 8.57. The van der Waals surface area contributed by atoms with Gasteiger partial charge in [-0.25, -0.2) is 4.85 Å². The topological polar surface area (TPSA) is 45.4 Å². The van der Waals surface area contributed by atoms with Crippen molar-refractivity contribution in [3.8, 4) is 0 Å². The van der Waals surface area contributed by atoms with Gasteiger partial charge in [0.1, 0.15) is 18.8 Å². The molecule has 0 radical (unpaired) electrons. The van der Waals surface area contributed by atoms with Crippen LogP contribution in [0, 0.1) is 19.7 Å². The average Bonchev–Trinajstić information content (AvgIpc) is 3.09. The summed E-state index contributed by atoms with van der Waals surface area (Å²) in [5.74, 6) is -0.781. The molecule has 0 fully saturated rings. The number of carbonyl (C=O) groups is 1. The lowest BCUT2D eigenvalue weighted by atomic mass is 10.0. The molecule has 29 heavy (non-hydrogen) atoms. The Hall–Kier alpha value is -4.34. The van der Waals surface area contributed by atoms with Gasteiger partial charge in [-0.15, -0.1) is 0 Å². The summed E-state index contributed by atoms with van der Waals surface area (Å²) in [4.78, 5) is 24.3. The van der Waals surface area contributed by atoms with Gasteiger partial charge in [-0.1, -0.05) is 42.5 Å². The first-order valence-corrected chi connectivity index (χ1v) is 8.94. The number of hydrogen-bond donors (Lipinski definition) is 1. The number of benzene rings is 2. The third kappa shape index (κ3) is 3.86. The number of anilines is 1. The number of nitrogens with zero attached hydrogens (tertiary/aromatic N) is 4. The monoisotopic (exact) mass is 379 g/mol. The lowest BCUT2D eigenvalue weighted by Crippen LogP contribution is -2.22. The van der Waals surface area contributed by atoms with Crippen molar-refractivity contribution in [2.45, 2.75) is 13.5 Å². The minimum Gasteiger partial charge on any atom is -0.367 e. The molecule has 0 atom stereocenters. The predicted molar refractivity (Wildman–Crippen MR) is 112 cm³/mol. The fourth-order valence-corrected chi connectivity index (χ4v) is 3.17. The summed E-state index contributed by atoms with van der Waals surface area (Å²) in [6.07, 6.45) is 0. The zero-order valence-electron chi connectivity index (χ0n) is 15.8. The van der Waals surface area contributed by atoms with Gasteiger partial charge in [0, 0.05) is 18.8 Å². The Morgan fingerprint density at radius 2 is 1.66 bits per heavy atom. The number of hydrogen-bond acceptors (Lipinski definition) is 2. The van der Waals surface area contributed by atoms with Gasteiger partial charge in [0.05, 0.1) is 12.1 Å². The smallest absolute Gasteiger partial charge is 0.367 e. The number of carbonyl (C=O) groups excluding carboxylic acids is 1. The number of rotatable bonds is 5. The second-order valence-corrected chi connectivity index (χ2v) is 6.26. The fourth-order valence-electron chi connectivity index (χ4n) is 3.17. The van der Waals surface area contributed by atoms with E-state index in [1.165, 1.54) is 5.56 Å². The van der Waals surface area contributed by atoms with Crippen molar-refractivity contribution in [1.29, 1.82) is 0 Å². The molecule has 0 saturated heterocycles. The quantitative estimate of drug-likeness (QED) is 0.779. The molecule has 1 heterocycles. The Bertz CT molecular complexity index is 1110. The van der Waals surface area contributed by atoms with Crippen molar-refractivity contribution in [3.63, 3.8) is 0 Å². The summed E-state index contributed by atoms with van der Waals surface area (Å²) >= 11 is 0. The molecule has 2 aromatic rings. The zero-order chi connectivity index (χ0) is 20.8. The minimum atomic E-state index is -0.472. The summed E-state index contributed by atoms with van der Waals surface area (Å²) in [5, 5.41) is 2.50. The van der Waals surface area contributed by atoms with E-state index in [0.717, 1.165) is 18.8 Å². The van der Waals surface area contributed by atoms with Crippen LogP contribution < -0.4 is 10.2 Å². The highest BCUT2D eigenvalue weighted by Crippen LogP contribution is 2.33. The van der Waals surface area contributed by atoms with Gasteiger partial charge in [-0.2, -0.15) is 9.69 Å². The van der Waals surface area contributed by atoms with Crippen molar-refractivity contribution in [2.24, 2.45) is 0 Å². The summed E-state index contributed by atoms with van der Waals surface area (Å²) in [5.41, 5.74) is 2.99. The zero-order valence-corrected chi connectivity index (χ0v) is 15.8. The van der Waals surface area contributed by atoms with E-state index in [2.05, 4.69) is 43.8 Å². The molecule has 0 aromatic heterocycles. The first-order valence-electron chi connectivity index (χ1n) is 8.94. The molecule has 0 bridgehead atoms. The van der Waals surface area contributed by atoms with Crippen LogP contribution in [-0.4, -0.2) is 12.5 Å². The Morgan fingerprint density at radius 3 is 2.21 bits per heavy atom. The largest absolute Gasteiger partial charge is 0.532 e. The van der Waals surface area contributed by atoms with Crippen molar-refractivity contribution in [2.75, 3.05) is 11.4 Å². The van der Waals surface area contributed by atoms with E-state index in [0.29, 0.717) is 5.56 Å². The van der Waals surface area contributed by atoms with Crippen molar-refractivity contribution in [3.05, 3.63) is 117 Å². The first-order chi connectivity index (χ1) is 14.1. The number of amides is 1. The van der Waals surface area contributed by atoms with Crippen molar-refractivity contribution < 1.29 is 4.79 Å². The van der Waals surface area contributed by atoms with E-state index in [1.807, 2.05) is 30.3 Å². The maximum absolute atomic E-state index is 12.4. The van der Waals surface area contributed by atoms with Crippen molar-refractivity contribution >= 4 is 17.2 Å². The lowest BCUT2D eigenvalue weighted by Gasteiger charge is -2.23. The van der Waals surface area contributed by atoms with Gasteiger partial charge < -0.3 is 10.2 Å². The maximum Gasteiger partial charge on any atom is 0.532 e. The minimum absolute atomic E-state index is 0.00617. The fraction of sp³-hybridized carbons (Fsp3) is 0.130. The van der Waals surface area contributed by atoms with Gasteiger partial charge in [-0.3, -0.25) is 4.79 Å². The summed E-state index contributed by atoms with van der Waals surface area (Å²) in [6.45, 7) is 25.3. The average molecular weight is 379 g/mol. The van der Waals surface area contributed by atoms with Crippen LogP contribution in [0.15, 0.2) is 71.8 Å². The Morgan fingerprint density at radius 1 is 1.00 bits per heavy atom. The molecular formula is C23H17N5O. The van der Waals surface area contributed by atoms with Crippen LogP contribution in [0.3, 0.4) is 0 Å². The molecule has 0 spiro atoms. The highest BCUT2D eigenvalue weighted by molar-refractivity contribution is 6.25. The van der Waals surface area contributed by atoms with Crippen LogP contribution in [0.5, 0.6) is 0 Å². The standard InChI is InChI=1S/C23H17N5O/c1-5-28(15-16-9-7-6-8-10-16)18-13-11-17(12-14-18)19-20(24-2)21(27-23(19)29)22(25-3)26-4/h6-14H,5,15H2,1H3,(H,27,29). The van der Waals surface area contributed by atoms with Crippen LogP contribution in [-0.2, 0) is 11.3 Å². The molecule has 6 nitrogen and oxygen atoms in total. The normalized spacial score (nSPS) is 12.6. The van der Waals surface area contributed by atoms with E-state index in [9.17, 15) is 4.79 Å². The van der Waals surface area contributed by atoms with Gasteiger partial charge >= 0.3 is 5.82 Å². The third-order valence-corrected chi connectivity index (χ3v) is 4.61. The summed E-state index contributed by atoms with van der Waals surface area (Å²) in [7, 11) is 0. The molecule has 0 saturated carbocycles. The number of nitrogens with one attached hydrogen (secondary N) is 1. The molecule has 0 aliphatic carbocycles. The summed E-state index contributed by atoms with van der Waals surface area (Å²) in [6, 6.07) is 17.6. The first kappa shape index (κ1) is 19.4. The maximum atomic E-state index is 12.4. The van der Waals surface area contributed by atoms with Crippen LogP contribution >= 0.6 is 0 Å². The van der Waals surface area contributed by atoms with Crippen LogP contribution in [0.25, 0.3) is 20.1 Å². The molecule has 140 valence electrons. The molecule has 1 aliphatic rings. The predicted octanol–water partition coefficient (Wildman–Crippen LogP) is 4.48. The van der Waals surface area contributed by atoms with Gasteiger partial charge in [0.15, 0.2) is 0 Å². The Labute approximate surface area is 169 Å². The van der Waals surface area contributed by atoms with Crippen molar-refractivity contribution in [1.82, 2.24) is 5.32 Å². The molecule has 0 unspecified atom stereocenters. The van der Waals surface area contributed by atoms with Gasteiger partial charge in [-0.05, 0) is 30.2 Å². The summed E-state index contributed by atoms with van der Waals surface area (Å²) < 4.78 is 0. The SMILES string of the molecule is [C-]#[N+]C([N+]#[C-])=C1NC(=O)C(c2ccc(N(CC)Cc3ccccc3)cc2)=C1[N+]#[C-]. The molecule has 1 N–H and O–H groups in total. The van der Waals surface area contributed by atoms with E-state index >= 15 is 0 Å². The van der Waals surface area contributed by atoms with E-state index in [1.54, 1.807) is 12.1 Å².